The van der Waals surface area contributed by atoms with Crippen LogP contribution in [0.1, 0.15) is 12.8 Å². The summed E-state index contributed by atoms with van der Waals surface area (Å²) in [4.78, 5) is 26.0. The van der Waals surface area contributed by atoms with E-state index in [-0.39, 0.29) is 17.1 Å². The minimum absolute atomic E-state index is 0.210. The van der Waals surface area contributed by atoms with Crippen molar-refractivity contribution in [2.45, 2.75) is 18.1 Å². The molecule has 1 N–H and O–H groups in total. The summed E-state index contributed by atoms with van der Waals surface area (Å²) in [6, 6.07) is 0. The fraction of sp³-hybridized carbons (Fsp3) is 0.300. The Hall–Kier alpha value is -1.36. The zero-order valence-corrected chi connectivity index (χ0v) is 9.05. The van der Waals surface area contributed by atoms with E-state index in [1.807, 2.05) is 0 Å². The molecule has 0 saturated carbocycles. The largest absolute Gasteiger partial charge is 0.295 e. The van der Waals surface area contributed by atoms with Crippen molar-refractivity contribution in [3.63, 3.8) is 0 Å². The van der Waals surface area contributed by atoms with E-state index in [0.717, 1.165) is 0 Å². The predicted octanol–water partition coefficient (Wildman–Crippen LogP) is 1.25. The van der Waals surface area contributed by atoms with Crippen LogP contribution in [-0.2, 0) is 9.59 Å². The van der Waals surface area contributed by atoms with Gasteiger partial charge in [-0.2, -0.15) is 0 Å². The average Bonchev–Trinajstić information content (AvgIpc) is 2.21. The van der Waals surface area contributed by atoms with Crippen LogP contribution in [0.3, 0.4) is 0 Å². The minimum Gasteiger partial charge on any atom is -0.295 e. The zero-order valence-electron chi connectivity index (χ0n) is 8.23. The summed E-state index contributed by atoms with van der Waals surface area (Å²) in [5.41, 5.74) is 0. The van der Waals surface area contributed by atoms with Gasteiger partial charge in [0.15, 0.2) is 0 Å². The number of nitrogens with zero attached hydrogens (tertiary/aromatic N) is 1. The van der Waals surface area contributed by atoms with Gasteiger partial charge in [-0.15, -0.1) is 0 Å². The molecule has 1 rings (SSSR count). The van der Waals surface area contributed by atoms with E-state index in [0.29, 0.717) is 17.9 Å². The molecule has 0 aromatic rings. The van der Waals surface area contributed by atoms with Gasteiger partial charge in [0.2, 0.25) is 11.8 Å². The maximum absolute atomic E-state index is 11.4. The Morgan fingerprint density at radius 3 is 2.87 bits per heavy atom. The molecule has 1 heterocycles. The van der Waals surface area contributed by atoms with Gasteiger partial charge in [-0.1, -0.05) is 24.4 Å². The van der Waals surface area contributed by atoms with Gasteiger partial charge in [0.1, 0.15) is 0 Å². The van der Waals surface area contributed by atoms with Crippen LogP contribution in [0.15, 0.2) is 28.8 Å². The number of piperidine rings is 1. The summed E-state index contributed by atoms with van der Waals surface area (Å²) >= 11 is 1.30. The van der Waals surface area contributed by atoms with Crippen molar-refractivity contribution in [1.82, 2.24) is 5.32 Å². The smallest absolute Gasteiger partial charge is 0.240 e. The number of amides is 2. The second-order valence-electron chi connectivity index (χ2n) is 2.96. The number of thioether (sulfide) groups is 1. The molecule has 1 aliphatic rings. The highest BCUT2D eigenvalue weighted by Gasteiger charge is 2.27. The number of carbonyl (C=O) groups excluding carboxylic acids is 2. The summed E-state index contributed by atoms with van der Waals surface area (Å²) in [7, 11) is 0. The molecule has 1 saturated heterocycles. The Kier molecular flexibility index (Phi) is 4.30. The van der Waals surface area contributed by atoms with Gasteiger partial charge in [0.05, 0.1) is 10.3 Å². The fourth-order valence-corrected chi connectivity index (χ4v) is 2.10. The molecular formula is C10H12N2O2S. The first-order valence-electron chi connectivity index (χ1n) is 4.47. The molecule has 0 bridgehead atoms. The summed E-state index contributed by atoms with van der Waals surface area (Å²) in [5, 5.41) is 2.66. The number of hydrogen-bond donors (Lipinski definition) is 1. The fourth-order valence-electron chi connectivity index (χ4n) is 1.16. The van der Waals surface area contributed by atoms with E-state index in [4.69, 9.17) is 0 Å². The van der Waals surface area contributed by atoms with Crippen LogP contribution in [0, 0.1) is 0 Å². The number of hydrogen-bond acceptors (Lipinski definition) is 4. The van der Waals surface area contributed by atoms with E-state index < -0.39 is 0 Å². The lowest BCUT2D eigenvalue weighted by molar-refractivity contribution is -0.132. The van der Waals surface area contributed by atoms with Crippen molar-refractivity contribution < 1.29 is 9.59 Å². The van der Waals surface area contributed by atoms with Crippen LogP contribution in [0.25, 0.3) is 0 Å². The van der Waals surface area contributed by atoms with Gasteiger partial charge < -0.3 is 0 Å². The standard InChI is InChI=1S/C10H12N2O2S/c1-3-4-9(11-2)15-7-5-6-8(13)12-10(7)14/h3-4,7H,1-2,5-6H2,(H,12,13,14)/b9-4+. The molecule has 5 heteroatoms. The predicted molar refractivity (Wildman–Crippen MR) is 61.6 cm³/mol. The second kappa shape index (κ2) is 5.50. The lowest BCUT2D eigenvalue weighted by Gasteiger charge is -2.19. The van der Waals surface area contributed by atoms with Gasteiger partial charge in [0, 0.05) is 6.42 Å². The Balaban J connectivity index is 2.61. The van der Waals surface area contributed by atoms with Gasteiger partial charge in [0.25, 0.3) is 0 Å². The third kappa shape index (κ3) is 3.36. The molecule has 15 heavy (non-hydrogen) atoms. The van der Waals surface area contributed by atoms with Crippen LogP contribution in [-0.4, -0.2) is 23.8 Å². The Bertz CT molecular complexity index is 336. The number of nitrogens with one attached hydrogen (secondary N) is 1. The zero-order chi connectivity index (χ0) is 11.3. The molecule has 1 fully saturated rings. The third-order valence-corrected chi connectivity index (χ3v) is 3.11. The molecular weight excluding hydrogens is 212 g/mol. The first-order chi connectivity index (χ1) is 7.17. The molecule has 0 spiro atoms. The van der Waals surface area contributed by atoms with Crippen LogP contribution in [0.4, 0.5) is 0 Å². The maximum atomic E-state index is 11.4. The molecule has 0 aromatic heterocycles. The maximum Gasteiger partial charge on any atom is 0.240 e. The third-order valence-electron chi connectivity index (χ3n) is 1.87. The SMILES string of the molecule is C=C/C=C(\N=C)SC1CCC(=O)NC1=O. The van der Waals surface area contributed by atoms with Crippen LogP contribution < -0.4 is 5.32 Å². The van der Waals surface area contributed by atoms with Crippen molar-refractivity contribution in [2.75, 3.05) is 0 Å². The monoisotopic (exact) mass is 224 g/mol. The van der Waals surface area contributed by atoms with Crippen molar-refractivity contribution in [3.8, 4) is 0 Å². The summed E-state index contributed by atoms with van der Waals surface area (Å²) < 4.78 is 0. The highest BCUT2D eigenvalue weighted by atomic mass is 32.2. The highest BCUT2D eigenvalue weighted by molar-refractivity contribution is 8.04. The van der Waals surface area contributed by atoms with Gasteiger partial charge in [-0.05, 0) is 19.2 Å². The molecule has 4 nitrogen and oxygen atoms in total. The average molecular weight is 224 g/mol. The second-order valence-corrected chi connectivity index (χ2v) is 4.18. The minimum atomic E-state index is -0.264. The van der Waals surface area contributed by atoms with E-state index in [9.17, 15) is 9.59 Å². The van der Waals surface area contributed by atoms with Crippen molar-refractivity contribution in [1.29, 1.82) is 0 Å². The molecule has 1 aliphatic heterocycles. The summed E-state index contributed by atoms with van der Waals surface area (Å²) in [6.07, 6.45) is 4.19. The van der Waals surface area contributed by atoms with E-state index in [1.165, 1.54) is 11.8 Å². The lowest BCUT2D eigenvalue weighted by Crippen LogP contribution is -2.42. The van der Waals surface area contributed by atoms with Crippen molar-refractivity contribution >= 4 is 30.3 Å². The Morgan fingerprint density at radius 1 is 1.60 bits per heavy atom. The van der Waals surface area contributed by atoms with Gasteiger partial charge in [-0.25, -0.2) is 0 Å². The van der Waals surface area contributed by atoms with Crippen LogP contribution >= 0.6 is 11.8 Å². The summed E-state index contributed by atoms with van der Waals surface area (Å²) in [6.45, 7) is 6.94. The van der Waals surface area contributed by atoms with Crippen molar-refractivity contribution in [3.05, 3.63) is 23.8 Å². The van der Waals surface area contributed by atoms with E-state index >= 15 is 0 Å². The molecule has 0 aliphatic carbocycles. The Labute approximate surface area is 92.5 Å². The number of allylic oxidation sites excluding steroid dienone is 2. The Morgan fingerprint density at radius 2 is 2.33 bits per heavy atom. The first kappa shape index (κ1) is 11.7. The lowest BCUT2D eigenvalue weighted by atomic mass is 10.1. The van der Waals surface area contributed by atoms with Gasteiger partial charge >= 0.3 is 0 Å². The molecule has 80 valence electrons. The highest BCUT2D eigenvalue weighted by Crippen LogP contribution is 2.27. The topological polar surface area (TPSA) is 58.5 Å². The molecule has 0 radical (unpaired) electrons. The quantitative estimate of drug-likeness (QED) is 0.444. The molecule has 2 amide bonds. The van der Waals surface area contributed by atoms with E-state index in [1.54, 1.807) is 12.2 Å². The number of carbonyl (C=O) groups is 2. The van der Waals surface area contributed by atoms with E-state index in [2.05, 4.69) is 23.6 Å². The normalized spacial score (nSPS) is 22.1. The summed E-state index contributed by atoms with van der Waals surface area (Å²) in [5.74, 6) is -0.465. The van der Waals surface area contributed by atoms with Crippen LogP contribution in [0.2, 0.25) is 0 Å². The van der Waals surface area contributed by atoms with Crippen LogP contribution in [0.5, 0.6) is 0 Å². The molecule has 1 unspecified atom stereocenters. The van der Waals surface area contributed by atoms with Gasteiger partial charge in [-0.3, -0.25) is 19.9 Å². The number of imide groups is 1. The number of rotatable bonds is 4. The first-order valence-corrected chi connectivity index (χ1v) is 5.35. The van der Waals surface area contributed by atoms with Crippen molar-refractivity contribution in [2.24, 2.45) is 4.99 Å². The molecule has 0 aromatic carbocycles. The molecule has 1 atom stereocenters. The number of aliphatic imine (C=N–C) groups is 1.